The fraction of sp³-hybridized carbons (Fsp3) is 0.222. The van der Waals surface area contributed by atoms with E-state index in [0.29, 0.717) is 5.11 Å². The number of hydrazone groups is 1. The second-order valence-electron chi connectivity index (χ2n) is 6.11. The molecule has 0 fully saturated rings. The third-order valence-corrected chi connectivity index (χ3v) is 3.44. The van der Waals surface area contributed by atoms with Crippen LogP contribution in [0.5, 0.6) is 0 Å². The summed E-state index contributed by atoms with van der Waals surface area (Å²) in [6, 6.07) is 18.3. The van der Waals surface area contributed by atoms with Crippen LogP contribution in [-0.4, -0.2) is 11.3 Å². The van der Waals surface area contributed by atoms with Crippen molar-refractivity contribution in [3.63, 3.8) is 0 Å². The largest absolute Gasteiger partial charge is 0.328 e. The molecule has 0 saturated heterocycles. The maximum Gasteiger partial charge on any atom is 0.228 e. The standard InChI is InChI=1S/C18H21N3S/c1-18(2,3)15-11-9-14(10-12-15)13-19-21-17(22)20-16-7-5-4-6-8-16/h4-13H,1-3H3,(H2,20,21,22)/p+1. The summed E-state index contributed by atoms with van der Waals surface area (Å²) in [7, 11) is 0. The molecule has 0 saturated carbocycles. The molecule has 2 aromatic carbocycles. The molecular weight excluding hydrogens is 290 g/mol. The van der Waals surface area contributed by atoms with Crippen LogP contribution in [0.4, 0.5) is 5.69 Å². The van der Waals surface area contributed by atoms with E-state index in [1.165, 1.54) is 5.56 Å². The fourth-order valence-corrected chi connectivity index (χ4v) is 2.12. The van der Waals surface area contributed by atoms with Crippen LogP contribution in [0.2, 0.25) is 0 Å². The van der Waals surface area contributed by atoms with Crippen LogP contribution in [0.15, 0.2) is 54.6 Å². The summed E-state index contributed by atoms with van der Waals surface area (Å²) in [5, 5.41) is 6.62. The Balaban J connectivity index is 1.88. The molecule has 22 heavy (non-hydrogen) atoms. The first-order valence-electron chi connectivity index (χ1n) is 7.26. The van der Waals surface area contributed by atoms with Crippen LogP contribution < -0.4 is 15.8 Å². The Kier molecular flexibility index (Phi) is 5.28. The quantitative estimate of drug-likeness (QED) is 0.463. The minimum Gasteiger partial charge on any atom is -0.328 e. The van der Waals surface area contributed by atoms with Crippen LogP contribution >= 0.6 is 12.2 Å². The number of hydrogen-bond donors (Lipinski definition) is 3. The molecule has 0 amide bonds. The monoisotopic (exact) mass is 312 g/mol. The number of benzene rings is 2. The molecule has 0 radical (unpaired) electrons. The van der Waals surface area contributed by atoms with Crippen LogP contribution in [-0.2, 0) is 5.41 Å². The lowest BCUT2D eigenvalue weighted by Crippen LogP contribution is -2.82. The molecule has 114 valence electrons. The average molecular weight is 312 g/mol. The first-order chi connectivity index (χ1) is 10.4. The first kappa shape index (κ1) is 16.2. The summed E-state index contributed by atoms with van der Waals surface area (Å²) in [5.41, 5.74) is 6.47. The molecular formula is C18H22N3S+. The van der Waals surface area contributed by atoms with Gasteiger partial charge in [0.05, 0.1) is 0 Å². The molecule has 0 bridgehead atoms. The summed E-state index contributed by atoms with van der Waals surface area (Å²) in [6.45, 7) is 6.62. The van der Waals surface area contributed by atoms with E-state index in [-0.39, 0.29) is 5.41 Å². The van der Waals surface area contributed by atoms with E-state index in [9.17, 15) is 0 Å². The van der Waals surface area contributed by atoms with E-state index in [1.54, 1.807) is 0 Å². The highest BCUT2D eigenvalue weighted by Crippen LogP contribution is 2.21. The zero-order chi connectivity index (χ0) is 16.0. The van der Waals surface area contributed by atoms with Crippen molar-refractivity contribution < 1.29 is 5.10 Å². The Morgan fingerprint density at radius 1 is 1.00 bits per heavy atom. The highest BCUT2D eigenvalue weighted by Gasteiger charge is 2.12. The molecule has 0 unspecified atom stereocenters. The van der Waals surface area contributed by atoms with Gasteiger partial charge in [-0.05, 0) is 47.5 Å². The van der Waals surface area contributed by atoms with Crippen molar-refractivity contribution in [1.29, 1.82) is 0 Å². The number of hydrazine groups is 1. The van der Waals surface area contributed by atoms with Gasteiger partial charge in [-0.2, -0.15) is 0 Å². The summed E-state index contributed by atoms with van der Waals surface area (Å²) < 4.78 is 0. The first-order valence-corrected chi connectivity index (χ1v) is 7.67. The van der Waals surface area contributed by atoms with Gasteiger partial charge in [0.15, 0.2) is 6.21 Å². The summed E-state index contributed by atoms with van der Waals surface area (Å²) in [6.07, 6.45) is 1.88. The third-order valence-electron chi connectivity index (χ3n) is 3.23. The van der Waals surface area contributed by atoms with Crippen LogP contribution in [0, 0.1) is 0 Å². The van der Waals surface area contributed by atoms with Crippen molar-refractivity contribution in [2.24, 2.45) is 0 Å². The fourth-order valence-electron chi connectivity index (χ4n) is 1.95. The minimum absolute atomic E-state index is 0.172. The maximum absolute atomic E-state index is 5.22. The van der Waals surface area contributed by atoms with Gasteiger partial charge in [-0.1, -0.05) is 51.1 Å². The van der Waals surface area contributed by atoms with E-state index >= 15 is 0 Å². The highest BCUT2D eigenvalue weighted by atomic mass is 32.1. The van der Waals surface area contributed by atoms with Crippen molar-refractivity contribution in [3.05, 3.63) is 65.7 Å². The van der Waals surface area contributed by atoms with Crippen LogP contribution in [0.3, 0.4) is 0 Å². The van der Waals surface area contributed by atoms with Gasteiger partial charge in [0, 0.05) is 11.3 Å². The van der Waals surface area contributed by atoms with Gasteiger partial charge in [-0.3, -0.25) is 0 Å². The molecule has 0 aliphatic carbocycles. The number of para-hydroxylation sites is 1. The number of nitrogens with one attached hydrogen (secondary N) is 3. The number of thiocarbonyl (C=S) groups is 1. The summed E-state index contributed by atoms with van der Waals surface area (Å²) in [4.78, 5) is 0. The van der Waals surface area contributed by atoms with Crippen molar-refractivity contribution in [1.82, 2.24) is 5.43 Å². The molecule has 0 aliphatic rings. The maximum atomic E-state index is 5.22. The van der Waals surface area contributed by atoms with Gasteiger partial charge in [0.2, 0.25) is 5.11 Å². The Bertz CT molecular complexity index is 640. The van der Waals surface area contributed by atoms with Gasteiger partial charge in [0.1, 0.15) is 0 Å². The average Bonchev–Trinajstić information content (AvgIpc) is 2.48. The second-order valence-corrected chi connectivity index (χ2v) is 6.51. The number of anilines is 1. The van der Waals surface area contributed by atoms with Crippen molar-refractivity contribution in [3.8, 4) is 0 Å². The van der Waals surface area contributed by atoms with E-state index in [0.717, 1.165) is 11.3 Å². The molecule has 0 aromatic heterocycles. The smallest absolute Gasteiger partial charge is 0.228 e. The summed E-state index contributed by atoms with van der Waals surface area (Å²) >= 11 is 5.22. The number of hydrogen-bond acceptors (Lipinski definition) is 1. The van der Waals surface area contributed by atoms with E-state index in [1.807, 2.05) is 36.5 Å². The molecule has 3 N–H and O–H groups in total. The molecule has 0 aliphatic heterocycles. The Morgan fingerprint density at radius 2 is 1.64 bits per heavy atom. The molecule has 0 spiro atoms. The Labute approximate surface area is 137 Å². The van der Waals surface area contributed by atoms with E-state index < -0.39 is 0 Å². The normalized spacial score (nSPS) is 11.4. The molecule has 2 rings (SSSR count). The summed E-state index contributed by atoms with van der Waals surface area (Å²) in [5.74, 6) is 0. The Hall–Kier alpha value is -2.20. The van der Waals surface area contributed by atoms with Gasteiger partial charge < -0.3 is 5.32 Å². The predicted octanol–water partition coefficient (Wildman–Crippen LogP) is 2.39. The molecule has 4 heteroatoms. The zero-order valence-electron chi connectivity index (χ0n) is 13.2. The topological polar surface area (TPSA) is 38.0 Å². The van der Waals surface area contributed by atoms with E-state index in [4.69, 9.17) is 12.2 Å². The van der Waals surface area contributed by atoms with Gasteiger partial charge in [-0.15, -0.1) is 10.5 Å². The van der Waals surface area contributed by atoms with Crippen molar-refractivity contribution in [2.75, 3.05) is 5.32 Å². The highest BCUT2D eigenvalue weighted by molar-refractivity contribution is 7.80. The zero-order valence-corrected chi connectivity index (χ0v) is 14.0. The van der Waals surface area contributed by atoms with Gasteiger partial charge in [-0.25, -0.2) is 0 Å². The molecule has 3 nitrogen and oxygen atoms in total. The lowest BCUT2D eigenvalue weighted by Gasteiger charge is -2.18. The van der Waals surface area contributed by atoms with Crippen molar-refractivity contribution >= 4 is 29.2 Å². The predicted molar refractivity (Wildman–Crippen MR) is 97.1 cm³/mol. The SMILES string of the molecule is CC(C)(C)c1ccc(C=[NH+]NC(=S)Nc2ccccc2)cc1. The van der Waals surface area contributed by atoms with Crippen LogP contribution in [0.1, 0.15) is 31.9 Å². The van der Waals surface area contributed by atoms with Gasteiger partial charge >= 0.3 is 0 Å². The lowest BCUT2D eigenvalue weighted by atomic mass is 9.87. The lowest BCUT2D eigenvalue weighted by molar-refractivity contribution is -0.499. The molecule has 0 heterocycles. The van der Waals surface area contributed by atoms with Crippen LogP contribution in [0.25, 0.3) is 0 Å². The molecule has 0 atom stereocenters. The minimum atomic E-state index is 0.172. The second kappa shape index (κ2) is 7.18. The van der Waals surface area contributed by atoms with E-state index in [2.05, 4.69) is 60.9 Å². The van der Waals surface area contributed by atoms with Crippen molar-refractivity contribution in [2.45, 2.75) is 26.2 Å². The number of rotatable bonds is 3. The Morgan fingerprint density at radius 3 is 2.23 bits per heavy atom. The molecule has 2 aromatic rings. The van der Waals surface area contributed by atoms with Gasteiger partial charge in [0.25, 0.3) is 0 Å². The third kappa shape index (κ3) is 4.97.